The number of aromatic nitrogens is 2. The largest absolute Gasteiger partial charge is 0.381 e. The molecule has 0 radical (unpaired) electrons. The highest BCUT2D eigenvalue weighted by Crippen LogP contribution is 2.33. The van der Waals surface area contributed by atoms with E-state index in [9.17, 15) is 8.78 Å². The van der Waals surface area contributed by atoms with Crippen molar-refractivity contribution in [3.05, 3.63) is 29.6 Å². The fourth-order valence-corrected chi connectivity index (χ4v) is 2.59. The first-order chi connectivity index (χ1) is 9.14. The van der Waals surface area contributed by atoms with E-state index >= 15 is 0 Å². The molecule has 0 saturated carbocycles. The number of nitrogens with zero attached hydrogens (tertiary/aromatic N) is 1. The van der Waals surface area contributed by atoms with Crippen LogP contribution < -0.4 is 5.73 Å². The predicted octanol–water partition coefficient (Wildman–Crippen LogP) is 1.85. The van der Waals surface area contributed by atoms with Crippen molar-refractivity contribution < 1.29 is 13.5 Å². The molecule has 0 amide bonds. The number of nitrogens with two attached hydrogens (primary N) is 1. The molecule has 0 unspecified atom stereocenters. The summed E-state index contributed by atoms with van der Waals surface area (Å²) >= 11 is 0. The normalized spacial score (nSPS) is 18.9. The quantitative estimate of drug-likeness (QED) is 0.872. The lowest BCUT2D eigenvalue weighted by molar-refractivity contribution is 0.0503. The Bertz CT molecular complexity index is 605. The van der Waals surface area contributed by atoms with Gasteiger partial charge in [0.15, 0.2) is 5.82 Å². The second-order valence-corrected chi connectivity index (χ2v) is 4.97. The Morgan fingerprint density at radius 1 is 1.32 bits per heavy atom. The maximum absolute atomic E-state index is 13.7. The van der Waals surface area contributed by atoms with Gasteiger partial charge in [-0.25, -0.2) is 13.8 Å². The average molecular weight is 267 g/mol. The number of ether oxygens (including phenoxy) is 1. The zero-order chi connectivity index (χ0) is 13.5. The van der Waals surface area contributed by atoms with Gasteiger partial charge in [0.2, 0.25) is 0 Å². The number of fused-ring (bicyclic) bond motifs is 1. The summed E-state index contributed by atoms with van der Waals surface area (Å²) in [6, 6.07) is 2.09. The second kappa shape index (κ2) is 4.54. The summed E-state index contributed by atoms with van der Waals surface area (Å²) in [6.45, 7) is 1.61. The molecule has 1 aromatic heterocycles. The number of halogens is 2. The van der Waals surface area contributed by atoms with Gasteiger partial charge in [0.05, 0.1) is 5.52 Å². The monoisotopic (exact) mass is 267 g/mol. The van der Waals surface area contributed by atoms with Gasteiger partial charge in [-0.05, 0) is 18.9 Å². The topological polar surface area (TPSA) is 63.9 Å². The molecule has 4 nitrogen and oxygen atoms in total. The van der Waals surface area contributed by atoms with Crippen molar-refractivity contribution >= 4 is 11.0 Å². The number of hydrogen-bond acceptors (Lipinski definition) is 3. The number of hydrogen-bond donors (Lipinski definition) is 2. The Balaban J connectivity index is 2.11. The molecular weight excluding hydrogens is 252 g/mol. The van der Waals surface area contributed by atoms with Gasteiger partial charge in [-0.2, -0.15) is 0 Å². The van der Waals surface area contributed by atoms with Crippen LogP contribution in [0.2, 0.25) is 0 Å². The minimum atomic E-state index is -0.656. The van der Waals surface area contributed by atoms with Gasteiger partial charge < -0.3 is 15.5 Å². The van der Waals surface area contributed by atoms with Gasteiger partial charge in [-0.3, -0.25) is 0 Å². The number of imidazole rings is 1. The van der Waals surface area contributed by atoms with E-state index in [1.165, 1.54) is 6.07 Å². The molecule has 1 fully saturated rings. The molecule has 0 aliphatic carbocycles. The third-order valence-electron chi connectivity index (χ3n) is 3.85. The molecule has 2 heterocycles. The van der Waals surface area contributed by atoms with E-state index in [2.05, 4.69) is 9.97 Å². The minimum absolute atomic E-state index is 0.163. The lowest BCUT2D eigenvalue weighted by Gasteiger charge is -2.34. The lowest BCUT2D eigenvalue weighted by Crippen LogP contribution is -2.41. The third-order valence-corrected chi connectivity index (χ3v) is 3.85. The van der Waals surface area contributed by atoms with Crippen LogP contribution in [0.25, 0.3) is 11.0 Å². The molecule has 1 aromatic carbocycles. The van der Waals surface area contributed by atoms with Crippen LogP contribution in [-0.4, -0.2) is 29.7 Å². The summed E-state index contributed by atoms with van der Waals surface area (Å²) < 4.78 is 32.2. The maximum atomic E-state index is 13.7. The van der Waals surface area contributed by atoms with Crippen LogP contribution in [0.15, 0.2) is 12.1 Å². The van der Waals surface area contributed by atoms with E-state index in [0.717, 1.165) is 18.9 Å². The van der Waals surface area contributed by atoms with Gasteiger partial charge in [0, 0.05) is 31.2 Å². The predicted molar refractivity (Wildman–Crippen MR) is 66.8 cm³/mol. The van der Waals surface area contributed by atoms with E-state index in [1.807, 2.05) is 0 Å². The highest BCUT2D eigenvalue weighted by Gasteiger charge is 2.36. The fraction of sp³-hybridized carbons (Fsp3) is 0.462. The van der Waals surface area contributed by atoms with E-state index in [1.54, 1.807) is 0 Å². The summed E-state index contributed by atoms with van der Waals surface area (Å²) in [4.78, 5) is 7.30. The zero-order valence-electron chi connectivity index (χ0n) is 10.4. The maximum Gasteiger partial charge on any atom is 0.153 e. The van der Waals surface area contributed by atoms with Crippen molar-refractivity contribution in [1.82, 2.24) is 9.97 Å². The number of rotatable bonds is 2. The number of benzene rings is 1. The molecule has 0 spiro atoms. The van der Waals surface area contributed by atoms with E-state index in [0.29, 0.717) is 31.1 Å². The number of nitrogens with one attached hydrogen (secondary N) is 1. The lowest BCUT2D eigenvalue weighted by atomic mass is 9.79. The van der Waals surface area contributed by atoms with Gasteiger partial charge in [0.1, 0.15) is 17.2 Å². The molecule has 3 rings (SSSR count). The van der Waals surface area contributed by atoms with Gasteiger partial charge in [-0.1, -0.05) is 0 Å². The van der Waals surface area contributed by atoms with Crippen LogP contribution in [0.3, 0.4) is 0 Å². The summed E-state index contributed by atoms with van der Waals surface area (Å²) in [6.07, 6.45) is 1.46. The van der Waals surface area contributed by atoms with Crippen LogP contribution in [0.4, 0.5) is 8.78 Å². The molecule has 1 aliphatic rings. The Kier molecular flexibility index (Phi) is 2.99. The second-order valence-electron chi connectivity index (χ2n) is 4.97. The molecular formula is C13H15F2N3O. The van der Waals surface area contributed by atoms with Gasteiger partial charge in [0.25, 0.3) is 0 Å². The van der Waals surface area contributed by atoms with Crippen molar-refractivity contribution in [2.24, 2.45) is 5.73 Å². The number of aromatic amines is 1. The zero-order valence-corrected chi connectivity index (χ0v) is 10.4. The molecule has 0 bridgehead atoms. The van der Waals surface area contributed by atoms with E-state index in [4.69, 9.17) is 10.5 Å². The fourth-order valence-electron chi connectivity index (χ4n) is 2.59. The molecule has 19 heavy (non-hydrogen) atoms. The van der Waals surface area contributed by atoms with Crippen LogP contribution in [0.5, 0.6) is 0 Å². The van der Waals surface area contributed by atoms with Gasteiger partial charge in [-0.15, -0.1) is 0 Å². The summed E-state index contributed by atoms with van der Waals surface area (Å²) in [7, 11) is 0. The molecule has 1 aliphatic heterocycles. The first-order valence-corrected chi connectivity index (χ1v) is 6.28. The highest BCUT2D eigenvalue weighted by molar-refractivity contribution is 5.76. The molecule has 102 valence electrons. The highest BCUT2D eigenvalue weighted by atomic mass is 19.1. The minimum Gasteiger partial charge on any atom is -0.381 e. The summed E-state index contributed by atoms with van der Waals surface area (Å²) in [5.74, 6) is -0.650. The Morgan fingerprint density at radius 2 is 2.05 bits per heavy atom. The van der Waals surface area contributed by atoms with Crippen molar-refractivity contribution in [3.8, 4) is 0 Å². The Hall–Kier alpha value is -1.53. The number of H-pyrrole nitrogens is 1. The van der Waals surface area contributed by atoms with Gasteiger partial charge >= 0.3 is 0 Å². The van der Waals surface area contributed by atoms with Crippen LogP contribution in [0, 0.1) is 11.6 Å². The van der Waals surface area contributed by atoms with E-state index < -0.39 is 11.6 Å². The first-order valence-electron chi connectivity index (χ1n) is 6.28. The molecule has 6 heteroatoms. The van der Waals surface area contributed by atoms with Crippen molar-refractivity contribution in [2.75, 3.05) is 19.8 Å². The first kappa shape index (κ1) is 12.5. The molecule has 1 saturated heterocycles. The Labute approximate surface area is 109 Å². The molecule has 0 atom stereocenters. The molecule has 2 aromatic rings. The van der Waals surface area contributed by atoms with Crippen LogP contribution >= 0.6 is 0 Å². The van der Waals surface area contributed by atoms with Crippen LogP contribution in [0.1, 0.15) is 18.7 Å². The average Bonchev–Trinajstić information content (AvgIpc) is 2.84. The third kappa shape index (κ3) is 2.01. The Morgan fingerprint density at radius 3 is 2.74 bits per heavy atom. The van der Waals surface area contributed by atoms with Crippen molar-refractivity contribution in [3.63, 3.8) is 0 Å². The smallest absolute Gasteiger partial charge is 0.153 e. The summed E-state index contributed by atoms with van der Waals surface area (Å²) in [5.41, 5.74) is 6.07. The van der Waals surface area contributed by atoms with Crippen molar-refractivity contribution in [1.29, 1.82) is 0 Å². The standard InChI is InChI=1S/C13H15F2N3O/c14-8-5-9(15)11-10(6-8)17-12(18-11)13(7-16)1-3-19-4-2-13/h5-6H,1-4,7,16H2,(H,17,18). The van der Waals surface area contributed by atoms with E-state index in [-0.39, 0.29) is 10.9 Å². The molecule has 3 N–H and O–H groups in total. The summed E-state index contributed by atoms with van der Waals surface area (Å²) in [5, 5.41) is 0. The van der Waals surface area contributed by atoms with Crippen LogP contribution in [-0.2, 0) is 10.2 Å². The van der Waals surface area contributed by atoms with Crippen molar-refractivity contribution in [2.45, 2.75) is 18.3 Å². The SMILES string of the molecule is NCC1(c2nc3c(F)cc(F)cc3[nH]2)CCOCC1.